The molecule has 0 radical (unpaired) electrons. The maximum absolute atomic E-state index is 13.6. The molecular formula is C27H20F2. The molecule has 0 nitrogen and oxygen atoms in total. The first-order valence-electron chi connectivity index (χ1n) is 9.74. The molecule has 0 saturated carbocycles. The van der Waals surface area contributed by atoms with Crippen molar-refractivity contribution in [2.75, 3.05) is 0 Å². The molecule has 2 heteroatoms. The second-order valence-corrected chi connectivity index (χ2v) is 7.00. The predicted molar refractivity (Wildman–Crippen MR) is 116 cm³/mol. The van der Waals surface area contributed by atoms with Gasteiger partial charge in [0.2, 0.25) is 0 Å². The first-order valence-corrected chi connectivity index (χ1v) is 9.74. The van der Waals surface area contributed by atoms with Gasteiger partial charge in [-0.25, -0.2) is 8.78 Å². The highest BCUT2D eigenvalue weighted by Gasteiger charge is 2.12. The zero-order valence-electron chi connectivity index (χ0n) is 16.2. The van der Waals surface area contributed by atoms with Gasteiger partial charge in [0.1, 0.15) is 0 Å². The molecule has 4 aromatic rings. The SMILES string of the molecule is CCCc1ccccc1-c1c(C#Cc2ccc(F)c(F)c2)ccc2ccccc12. The smallest absolute Gasteiger partial charge is 0.160 e. The van der Waals surface area contributed by atoms with Gasteiger partial charge in [0.15, 0.2) is 11.6 Å². The third-order valence-corrected chi connectivity index (χ3v) is 5.00. The molecule has 29 heavy (non-hydrogen) atoms. The zero-order chi connectivity index (χ0) is 20.2. The second kappa shape index (κ2) is 8.29. The fourth-order valence-corrected chi connectivity index (χ4v) is 3.63. The highest BCUT2D eigenvalue weighted by atomic mass is 19.2. The minimum atomic E-state index is -0.885. The van der Waals surface area contributed by atoms with Crippen LogP contribution < -0.4 is 0 Å². The summed E-state index contributed by atoms with van der Waals surface area (Å²) < 4.78 is 26.8. The number of benzene rings is 4. The van der Waals surface area contributed by atoms with E-state index in [4.69, 9.17) is 0 Å². The number of hydrogen-bond acceptors (Lipinski definition) is 0. The number of hydrogen-bond donors (Lipinski definition) is 0. The van der Waals surface area contributed by atoms with Gasteiger partial charge in [-0.1, -0.05) is 79.8 Å². The molecule has 4 aromatic carbocycles. The predicted octanol–water partition coefficient (Wildman–Crippen LogP) is 7.14. The van der Waals surface area contributed by atoms with Gasteiger partial charge in [-0.05, 0) is 52.6 Å². The number of halogens is 2. The van der Waals surface area contributed by atoms with E-state index < -0.39 is 11.6 Å². The van der Waals surface area contributed by atoms with E-state index in [1.54, 1.807) is 0 Å². The molecule has 0 aliphatic rings. The Bertz CT molecular complexity index is 1240. The highest BCUT2D eigenvalue weighted by molar-refractivity contribution is 6.00. The van der Waals surface area contributed by atoms with E-state index in [2.05, 4.69) is 55.2 Å². The standard InChI is InChI=1S/C27H20F2/c1-2-7-20-8-3-5-10-23(20)27-22(16-15-21-9-4-6-11-24(21)27)14-12-19-13-17-25(28)26(29)18-19/h3-6,8-11,13,15-18H,2,7H2,1H3. The van der Waals surface area contributed by atoms with Crippen LogP contribution in [0, 0.1) is 23.5 Å². The third-order valence-electron chi connectivity index (χ3n) is 5.00. The average Bonchev–Trinajstić information content (AvgIpc) is 2.75. The van der Waals surface area contributed by atoms with Gasteiger partial charge < -0.3 is 0 Å². The van der Waals surface area contributed by atoms with Crippen molar-refractivity contribution < 1.29 is 8.78 Å². The Hall–Kier alpha value is -3.44. The number of aryl methyl sites for hydroxylation is 1. The van der Waals surface area contributed by atoms with Gasteiger partial charge in [0.05, 0.1) is 0 Å². The summed E-state index contributed by atoms with van der Waals surface area (Å²) in [5.74, 6) is 4.45. The second-order valence-electron chi connectivity index (χ2n) is 7.00. The fraction of sp³-hybridized carbons (Fsp3) is 0.111. The van der Waals surface area contributed by atoms with Crippen molar-refractivity contribution in [2.24, 2.45) is 0 Å². The lowest BCUT2D eigenvalue weighted by Crippen LogP contribution is -1.93. The summed E-state index contributed by atoms with van der Waals surface area (Å²) in [5.41, 5.74) is 4.85. The lowest BCUT2D eigenvalue weighted by molar-refractivity contribution is 0.508. The molecule has 0 spiro atoms. The van der Waals surface area contributed by atoms with E-state index in [0.29, 0.717) is 5.56 Å². The summed E-state index contributed by atoms with van der Waals surface area (Å²) in [6.07, 6.45) is 2.03. The molecule has 0 unspecified atom stereocenters. The molecular weight excluding hydrogens is 362 g/mol. The van der Waals surface area contributed by atoms with E-state index in [9.17, 15) is 8.78 Å². The van der Waals surface area contributed by atoms with Crippen LogP contribution in [0.15, 0.2) is 78.9 Å². The summed E-state index contributed by atoms with van der Waals surface area (Å²) in [4.78, 5) is 0. The summed E-state index contributed by atoms with van der Waals surface area (Å²) in [7, 11) is 0. The molecule has 0 atom stereocenters. The van der Waals surface area contributed by atoms with Crippen LogP contribution >= 0.6 is 0 Å². The lowest BCUT2D eigenvalue weighted by Gasteiger charge is -2.14. The van der Waals surface area contributed by atoms with Crippen molar-refractivity contribution >= 4 is 10.8 Å². The summed E-state index contributed by atoms with van der Waals surface area (Å²) >= 11 is 0. The summed E-state index contributed by atoms with van der Waals surface area (Å²) in [5, 5.41) is 2.28. The van der Waals surface area contributed by atoms with Crippen molar-refractivity contribution in [3.05, 3.63) is 107 Å². The third kappa shape index (κ3) is 3.91. The number of fused-ring (bicyclic) bond motifs is 1. The maximum atomic E-state index is 13.6. The van der Waals surface area contributed by atoms with E-state index in [-0.39, 0.29) is 0 Å². The molecule has 0 aliphatic heterocycles. The fourth-order valence-electron chi connectivity index (χ4n) is 3.63. The molecule has 0 saturated heterocycles. The Morgan fingerprint density at radius 1 is 0.759 bits per heavy atom. The molecule has 0 N–H and O–H groups in total. The van der Waals surface area contributed by atoms with Crippen LogP contribution in [0.1, 0.15) is 30.0 Å². The van der Waals surface area contributed by atoms with Crippen LogP contribution in [0.3, 0.4) is 0 Å². The molecule has 0 aliphatic carbocycles. The van der Waals surface area contributed by atoms with E-state index in [0.717, 1.165) is 46.9 Å². The average molecular weight is 382 g/mol. The normalized spacial score (nSPS) is 10.6. The van der Waals surface area contributed by atoms with Crippen LogP contribution in [0.4, 0.5) is 8.78 Å². The molecule has 142 valence electrons. The Kier molecular flexibility index (Phi) is 5.40. The Labute approximate surface area is 169 Å². The Balaban J connectivity index is 1.93. The van der Waals surface area contributed by atoms with Crippen LogP contribution in [0.25, 0.3) is 21.9 Å². The molecule has 0 bridgehead atoms. The largest absolute Gasteiger partial charge is 0.204 e. The van der Waals surface area contributed by atoms with Gasteiger partial charge in [0, 0.05) is 16.7 Å². The Morgan fingerprint density at radius 2 is 1.55 bits per heavy atom. The van der Waals surface area contributed by atoms with Crippen molar-refractivity contribution in [3.63, 3.8) is 0 Å². The van der Waals surface area contributed by atoms with E-state index >= 15 is 0 Å². The van der Waals surface area contributed by atoms with Crippen LogP contribution in [-0.4, -0.2) is 0 Å². The van der Waals surface area contributed by atoms with Crippen molar-refractivity contribution in [1.82, 2.24) is 0 Å². The highest BCUT2D eigenvalue weighted by Crippen LogP contribution is 2.34. The molecule has 0 amide bonds. The lowest BCUT2D eigenvalue weighted by atomic mass is 9.89. The maximum Gasteiger partial charge on any atom is 0.160 e. The Morgan fingerprint density at radius 3 is 2.38 bits per heavy atom. The molecule has 0 aromatic heterocycles. The minimum Gasteiger partial charge on any atom is -0.204 e. The van der Waals surface area contributed by atoms with Crippen molar-refractivity contribution in [1.29, 1.82) is 0 Å². The minimum absolute atomic E-state index is 0.449. The van der Waals surface area contributed by atoms with Crippen LogP contribution in [0.5, 0.6) is 0 Å². The monoisotopic (exact) mass is 382 g/mol. The van der Waals surface area contributed by atoms with Crippen LogP contribution in [-0.2, 0) is 6.42 Å². The van der Waals surface area contributed by atoms with Gasteiger partial charge in [0.25, 0.3) is 0 Å². The topological polar surface area (TPSA) is 0 Å². The van der Waals surface area contributed by atoms with Crippen molar-refractivity contribution in [2.45, 2.75) is 19.8 Å². The first kappa shape index (κ1) is 18.9. The van der Waals surface area contributed by atoms with Crippen LogP contribution in [0.2, 0.25) is 0 Å². The molecule has 0 fully saturated rings. The van der Waals surface area contributed by atoms with Gasteiger partial charge in [-0.15, -0.1) is 0 Å². The van der Waals surface area contributed by atoms with E-state index in [1.165, 1.54) is 17.2 Å². The van der Waals surface area contributed by atoms with Gasteiger partial charge in [-0.3, -0.25) is 0 Å². The quantitative estimate of drug-likeness (QED) is 0.330. The summed E-state index contributed by atoms with van der Waals surface area (Å²) in [6.45, 7) is 2.17. The molecule has 4 rings (SSSR count). The molecule has 0 heterocycles. The van der Waals surface area contributed by atoms with Crippen molar-refractivity contribution in [3.8, 4) is 23.0 Å². The van der Waals surface area contributed by atoms with Gasteiger partial charge >= 0.3 is 0 Å². The number of rotatable bonds is 3. The summed E-state index contributed by atoms with van der Waals surface area (Å²) in [6, 6.07) is 24.4. The zero-order valence-corrected chi connectivity index (χ0v) is 16.2. The van der Waals surface area contributed by atoms with E-state index in [1.807, 2.05) is 24.3 Å². The first-order chi connectivity index (χ1) is 14.2. The van der Waals surface area contributed by atoms with Gasteiger partial charge in [-0.2, -0.15) is 0 Å².